The highest BCUT2D eigenvalue weighted by Crippen LogP contribution is 2.34. The molecule has 0 saturated carbocycles. The molecule has 0 fully saturated rings. The summed E-state index contributed by atoms with van der Waals surface area (Å²) in [6.07, 6.45) is -4.28. The number of alkyl halides is 3. The molecule has 0 spiro atoms. The maximum Gasteiger partial charge on any atom is 0.418 e. The third-order valence-electron chi connectivity index (χ3n) is 5.03. The van der Waals surface area contributed by atoms with Crippen molar-refractivity contribution in [2.75, 3.05) is 35.7 Å². The first-order valence-corrected chi connectivity index (χ1v) is 11.2. The average molecular weight is 521 g/mol. The molecule has 3 aromatic rings. The van der Waals surface area contributed by atoms with Crippen molar-refractivity contribution in [1.82, 2.24) is 5.32 Å². The van der Waals surface area contributed by atoms with Crippen LogP contribution in [0.25, 0.3) is 0 Å². The Morgan fingerprint density at radius 2 is 1.69 bits per heavy atom. The molecule has 7 nitrogen and oxygen atoms in total. The third-order valence-corrected chi connectivity index (χ3v) is 5.26. The van der Waals surface area contributed by atoms with Crippen molar-refractivity contribution in [3.63, 3.8) is 0 Å². The highest BCUT2D eigenvalue weighted by Gasteiger charge is 2.33. The summed E-state index contributed by atoms with van der Waals surface area (Å²) in [7, 11) is 1.53. The van der Waals surface area contributed by atoms with Crippen molar-refractivity contribution in [1.29, 1.82) is 0 Å². The fourth-order valence-electron chi connectivity index (χ4n) is 3.31. The van der Waals surface area contributed by atoms with E-state index in [9.17, 15) is 22.8 Å². The number of ether oxygens (including phenoxy) is 1. The van der Waals surface area contributed by atoms with Crippen LogP contribution in [0.1, 0.15) is 12.0 Å². The second-order valence-electron chi connectivity index (χ2n) is 7.57. The van der Waals surface area contributed by atoms with Gasteiger partial charge >= 0.3 is 18.2 Å². The van der Waals surface area contributed by atoms with Crippen molar-refractivity contribution in [3.8, 4) is 5.75 Å². The minimum atomic E-state index is -4.60. The van der Waals surface area contributed by atoms with E-state index >= 15 is 0 Å². The second-order valence-corrected chi connectivity index (χ2v) is 8.00. The molecule has 0 heterocycles. The van der Waals surface area contributed by atoms with Crippen LogP contribution < -0.4 is 25.6 Å². The lowest BCUT2D eigenvalue weighted by Crippen LogP contribution is -2.38. The van der Waals surface area contributed by atoms with E-state index in [1.165, 1.54) is 30.2 Å². The Kier molecular flexibility index (Phi) is 9.02. The molecule has 0 unspecified atom stereocenters. The summed E-state index contributed by atoms with van der Waals surface area (Å²) in [5.41, 5.74) is -0.197. The predicted molar refractivity (Wildman–Crippen MR) is 134 cm³/mol. The summed E-state index contributed by atoms with van der Waals surface area (Å²) in [5, 5.41) is 7.98. The maximum absolute atomic E-state index is 13.1. The molecule has 0 aliphatic carbocycles. The number of nitrogens with one attached hydrogen (secondary N) is 3. The van der Waals surface area contributed by atoms with Gasteiger partial charge in [-0.15, -0.1) is 0 Å². The number of anilines is 3. The fourth-order valence-corrected chi connectivity index (χ4v) is 3.50. The molecule has 0 aliphatic heterocycles. The highest BCUT2D eigenvalue weighted by molar-refractivity contribution is 6.30. The molecule has 0 aromatic heterocycles. The van der Waals surface area contributed by atoms with E-state index < -0.39 is 23.8 Å². The molecule has 0 bridgehead atoms. The summed E-state index contributed by atoms with van der Waals surface area (Å²) in [4.78, 5) is 26.7. The Morgan fingerprint density at radius 3 is 2.36 bits per heavy atom. The van der Waals surface area contributed by atoms with E-state index in [1.807, 2.05) is 0 Å². The van der Waals surface area contributed by atoms with Gasteiger partial charge in [-0.2, -0.15) is 13.2 Å². The molecule has 3 rings (SSSR count). The van der Waals surface area contributed by atoms with Gasteiger partial charge in [-0.25, -0.2) is 9.59 Å². The van der Waals surface area contributed by atoms with Gasteiger partial charge in [0, 0.05) is 29.5 Å². The summed E-state index contributed by atoms with van der Waals surface area (Å²) in [5.74, 6) is 0.617. The van der Waals surface area contributed by atoms with E-state index in [-0.39, 0.29) is 18.8 Å². The lowest BCUT2D eigenvalue weighted by molar-refractivity contribution is -0.136. The van der Waals surface area contributed by atoms with Crippen LogP contribution in [0.4, 0.5) is 39.8 Å². The number of hydrogen-bond donors (Lipinski definition) is 3. The summed E-state index contributed by atoms with van der Waals surface area (Å²) >= 11 is 6.00. The first kappa shape index (κ1) is 26.7. The fraction of sp³-hybridized carbons (Fsp3) is 0.200. The molecule has 4 amide bonds. The van der Waals surface area contributed by atoms with Crippen LogP contribution in [0.15, 0.2) is 72.8 Å². The van der Waals surface area contributed by atoms with Crippen molar-refractivity contribution < 1.29 is 27.5 Å². The molecule has 3 aromatic carbocycles. The number of nitrogens with zero attached hydrogens (tertiary/aromatic N) is 1. The van der Waals surface area contributed by atoms with Crippen LogP contribution in [-0.2, 0) is 6.18 Å². The predicted octanol–water partition coefficient (Wildman–Crippen LogP) is 6.62. The zero-order valence-corrected chi connectivity index (χ0v) is 20.0. The minimum absolute atomic E-state index is 0.108. The number of halogens is 4. The molecular formula is C25H24ClF3N4O3. The van der Waals surface area contributed by atoms with Crippen LogP contribution in [0.2, 0.25) is 5.02 Å². The Bertz CT molecular complexity index is 1190. The Morgan fingerprint density at radius 1 is 0.972 bits per heavy atom. The minimum Gasteiger partial charge on any atom is -0.497 e. The Hall–Kier alpha value is -3.92. The van der Waals surface area contributed by atoms with Crippen LogP contribution in [0, 0.1) is 0 Å². The molecule has 190 valence electrons. The van der Waals surface area contributed by atoms with Gasteiger partial charge in [0.2, 0.25) is 0 Å². The maximum atomic E-state index is 13.1. The van der Waals surface area contributed by atoms with Crippen LogP contribution >= 0.6 is 11.6 Å². The topological polar surface area (TPSA) is 82.7 Å². The largest absolute Gasteiger partial charge is 0.497 e. The molecule has 0 radical (unpaired) electrons. The van der Waals surface area contributed by atoms with Gasteiger partial charge in [-0.1, -0.05) is 29.8 Å². The summed E-state index contributed by atoms with van der Waals surface area (Å²) < 4.78 is 44.5. The standard InChI is InChI=1S/C25H24ClF3N4O3/c1-36-20-12-10-19(11-13-20)33(24(35)31-18-7-4-6-17(26)16-18)15-5-14-30-23(34)32-22-9-3-2-8-21(22)25(27,28)29/h2-4,6-13,16H,5,14-15H2,1H3,(H,31,35)(H2,30,32,34). The number of hydrogen-bond acceptors (Lipinski definition) is 3. The summed E-state index contributed by atoms with van der Waals surface area (Å²) in [6.45, 7) is 0.315. The lowest BCUT2D eigenvalue weighted by Gasteiger charge is -2.24. The average Bonchev–Trinajstić information content (AvgIpc) is 2.84. The van der Waals surface area contributed by atoms with Gasteiger partial charge in [-0.3, -0.25) is 4.90 Å². The number of urea groups is 2. The Labute approximate surface area is 211 Å². The van der Waals surface area contributed by atoms with Crippen LogP contribution in [0.3, 0.4) is 0 Å². The van der Waals surface area contributed by atoms with Crippen LogP contribution in [-0.4, -0.2) is 32.3 Å². The zero-order valence-electron chi connectivity index (χ0n) is 19.2. The van der Waals surface area contributed by atoms with E-state index in [0.29, 0.717) is 28.6 Å². The smallest absolute Gasteiger partial charge is 0.418 e. The van der Waals surface area contributed by atoms with Crippen molar-refractivity contribution in [2.24, 2.45) is 0 Å². The molecule has 3 N–H and O–H groups in total. The second kappa shape index (κ2) is 12.2. The quantitative estimate of drug-likeness (QED) is 0.292. The number of rotatable bonds is 8. The monoisotopic (exact) mass is 520 g/mol. The van der Waals surface area contributed by atoms with Crippen LogP contribution in [0.5, 0.6) is 5.75 Å². The van der Waals surface area contributed by atoms with Gasteiger partial charge in [0.05, 0.1) is 18.4 Å². The van der Waals surface area contributed by atoms with Crippen molar-refractivity contribution in [2.45, 2.75) is 12.6 Å². The van der Waals surface area contributed by atoms with Crippen molar-refractivity contribution >= 4 is 40.7 Å². The molecule has 0 saturated heterocycles. The number of para-hydroxylation sites is 1. The Balaban J connectivity index is 1.62. The first-order chi connectivity index (χ1) is 17.2. The number of methoxy groups -OCH3 is 1. The molecular weight excluding hydrogens is 497 g/mol. The molecule has 0 atom stereocenters. The number of benzene rings is 3. The zero-order chi connectivity index (χ0) is 26.1. The molecule has 36 heavy (non-hydrogen) atoms. The normalized spacial score (nSPS) is 10.9. The number of carbonyl (C=O) groups excluding carboxylic acids is 2. The lowest BCUT2D eigenvalue weighted by atomic mass is 10.1. The highest BCUT2D eigenvalue weighted by atomic mass is 35.5. The van der Waals surface area contributed by atoms with Gasteiger partial charge < -0.3 is 20.7 Å². The van der Waals surface area contributed by atoms with Gasteiger partial charge in [0.15, 0.2) is 0 Å². The third kappa shape index (κ3) is 7.54. The van der Waals surface area contributed by atoms with E-state index in [2.05, 4.69) is 16.0 Å². The first-order valence-electron chi connectivity index (χ1n) is 10.9. The van der Waals surface area contributed by atoms with E-state index in [1.54, 1.807) is 48.5 Å². The van der Waals surface area contributed by atoms with E-state index in [4.69, 9.17) is 16.3 Å². The number of amides is 4. The molecule has 11 heteroatoms. The summed E-state index contributed by atoms with van der Waals surface area (Å²) in [6, 6.07) is 17.0. The van der Waals surface area contributed by atoms with Gasteiger partial charge in [-0.05, 0) is 61.0 Å². The molecule has 0 aliphatic rings. The van der Waals surface area contributed by atoms with Gasteiger partial charge in [0.1, 0.15) is 5.75 Å². The van der Waals surface area contributed by atoms with E-state index in [0.717, 1.165) is 6.07 Å². The van der Waals surface area contributed by atoms with Gasteiger partial charge in [0.25, 0.3) is 0 Å². The van der Waals surface area contributed by atoms with Crippen molar-refractivity contribution in [3.05, 3.63) is 83.4 Å². The SMILES string of the molecule is COc1ccc(N(CCCNC(=O)Nc2ccccc2C(F)(F)F)C(=O)Nc2cccc(Cl)c2)cc1. The number of carbonyl (C=O) groups is 2.